The van der Waals surface area contributed by atoms with E-state index in [9.17, 15) is 8.42 Å². The molecule has 0 spiro atoms. The molecule has 0 aliphatic heterocycles. The average Bonchev–Trinajstić information content (AvgIpc) is 2.90. The van der Waals surface area contributed by atoms with Gasteiger partial charge in [-0.15, -0.1) is 11.3 Å². The van der Waals surface area contributed by atoms with Crippen LogP contribution in [-0.2, 0) is 17.1 Å². The fourth-order valence-corrected chi connectivity index (χ4v) is 3.94. The second-order valence-corrected chi connectivity index (χ2v) is 6.97. The van der Waals surface area contributed by atoms with Crippen LogP contribution in [0.1, 0.15) is 24.2 Å². The maximum Gasteiger partial charge on any atom is 0.250 e. The molecule has 0 aliphatic carbocycles. The highest BCUT2D eigenvalue weighted by Gasteiger charge is 2.21. The van der Waals surface area contributed by atoms with E-state index in [1.165, 1.54) is 11.3 Å². The molecule has 1 atom stereocenters. The van der Waals surface area contributed by atoms with E-state index in [4.69, 9.17) is 0 Å². The Kier molecular flexibility index (Phi) is 3.56. The number of nitrogens with one attached hydrogen (secondary N) is 1. The van der Waals surface area contributed by atoms with Crippen LogP contribution in [0.25, 0.3) is 0 Å². The molecule has 0 saturated carbocycles. The Balaban J connectivity index is 2.22. The van der Waals surface area contributed by atoms with Gasteiger partial charge in [-0.05, 0) is 25.3 Å². The zero-order chi connectivity index (χ0) is 13.3. The van der Waals surface area contributed by atoms with E-state index in [0.29, 0.717) is 4.21 Å². The molecule has 0 saturated heterocycles. The molecule has 0 amide bonds. The van der Waals surface area contributed by atoms with E-state index in [-0.39, 0.29) is 6.04 Å². The molecular formula is C11H15N3O2S2. The topological polar surface area (TPSA) is 64.0 Å². The minimum absolute atomic E-state index is 0.300. The van der Waals surface area contributed by atoms with E-state index in [2.05, 4.69) is 9.82 Å². The van der Waals surface area contributed by atoms with Crippen molar-refractivity contribution in [3.8, 4) is 0 Å². The van der Waals surface area contributed by atoms with Gasteiger partial charge in [0.25, 0.3) is 10.0 Å². The SMILES string of the molecule is Cc1c([C@H](C)NS(=O)(=O)c2cccs2)cnn1C. The number of thiophene rings is 1. The van der Waals surface area contributed by atoms with Crippen molar-refractivity contribution in [2.75, 3.05) is 0 Å². The third kappa shape index (κ3) is 2.47. The van der Waals surface area contributed by atoms with Gasteiger partial charge >= 0.3 is 0 Å². The summed E-state index contributed by atoms with van der Waals surface area (Å²) in [7, 11) is -1.61. The zero-order valence-corrected chi connectivity index (χ0v) is 12.0. The Labute approximate surface area is 111 Å². The van der Waals surface area contributed by atoms with Gasteiger partial charge in [-0.25, -0.2) is 13.1 Å². The van der Waals surface area contributed by atoms with Crippen molar-refractivity contribution in [1.82, 2.24) is 14.5 Å². The average molecular weight is 285 g/mol. The van der Waals surface area contributed by atoms with Gasteiger partial charge in [0.15, 0.2) is 0 Å². The van der Waals surface area contributed by atoms with E-state index in [1.807, 2.05) is 20.9 Å². The molecule has 0 radical (unpaired) electrons. The number of hydrogen-bond donors (Lipinski definition) is 1. The second kappa shape index (κ2) is 4.83. The minimum atomic E-state index is -3.44. The molecule has 0 aromatic carbocycles. The van der Waals surface area contributed by atoms with E-state index < -0.39 is 10.0 Å². The third-order valence-corrected chi connectivity index (χ3v) is 5.77. The Hall–Kier alpha value is -1.18. The van der Waals surface area contributed by atoms with Crippen LogP contribution >= 0.6 is 11.3 Å². The Bertz CT molecular complexity index is 629. The minimum Gasteiger partial charge on any atom is -0.273 e. The maximum atomic E-state index is 12.1. The van der Waals surface area contributed by atoms with Crippen LogP contribution in [-0.4, -0.2) is 18.2 Å². The van der Waals surface area contributed by atoms with Crippen molar-refractivity contribution < 1.29 is 8.42 Å². The molecule has 18 heavy (non-hydrogen) atoms. The number of rotatable bonds is 4. The number of aromatic nitrogens is 2. The monoisotopic (exact) mass is 285 g/mol. The molecule has 2 heterocycles. The van der Waals surface area contributed by atoms with Crippen LogP contribution in [0.4, 0.5) is 0 Å². The number of sulfonamides is 1. The summed E-state index contributed by atoms with van der Waals surface area (Å²) in [5.74, 6) is 0. The van der Waals surface area contributed by atoms with Gasteiger partial charge in [0.1, 0.15) is 4.21 Å². The van der Waals surface area contributed by atoms with Gasteiger partial charge in [0.2, 0.25) is 0 Å². The molecule has 98 valence electrons. The fraction of sp³-hybridized carbons (Fsp3) is 0.364. The van der Waals surface area contributed by atoms with E-state index >= 15 is 0 Å². The van der Waals surface area contributed by atoms with Crippen LogP contribution in [0.3, 0.4) is 0 Å². The van der Waals surface area contributed by atoms with Crippen molar-refractivity contribution in [1.29, 1.82) is 0 Å². The standard InChI is InChI=1S/C11H15N3O2S2/c1-8(10-7-12-14(3)9(10)2)13-18(15,16)11-5-4-6-17-11/h4-8,13H,1-3H3/t8-/m0/s1. The Morgan fingerprint density at radius 3 is 2.72 bits per heavy atom. The molecule has 2 aromatic heterocycles. The predicted octanol–water partition coefficient (Wildman–Crippen LogP) is 1.83. The van der Waals surface area contributed by atoms with Crippen molar-refractivity contribution in [3.05, 3.63) is 35.0 Å². The Morgan fingerprint density at radius 1 is 1.50 bits per heavy atom. The molecule has 0 fully saturated rings. The summed E-state index contributed by atoms with van der Waals surface area (Å²) < 4.78 is 28.8. The van der Waals surface area contributed by atoms with Gasteiger partial charge in [-0.3, -0.25) is 4.68 Å². The summed E-state index contributed by atoms with van der Waals surface area (Å²) >= 11 is 1.21. The van der Waals surface area contributed by atoms with Gasteiger partial charge in [-0.2, -0.15) is 5.10 Å². The van der Waals surface area contributed by atoms with Gasteiger partial charge in [0.05, 0.1) is 6.20 Å². The normalized spacial score (nSPS) is 13.7. The van der Waals surface area contributed by atoms with Crippen molar-refractivity contribution in [3.63, 3.8) is 0 Å². The van der Waals surface area contributed by atoms with Gasteiger partial charge in [0, 0.05) is 24.3 Å². The molecule has 0 unspecified atom stereocenters. The molecule has 1 N–H and O–H groups in total. The second-order valence-electron chi connectivity index (χ2n) is 4.08. The quantitative estimate of drug-likeness (QED) is 0.932. The lowest BCUT2D eigenvalue weighted by molar-refractivity contribution is 0.568. The lowest BCUT2D eigenvalue weighted by Crippen LogP contribution is -2.26. The highest BCUT2D eigenvalue weighted by Crippen LogP contribution is 2.21. The fourth-order valence-electron chi connectivity index (χ4n) is 1.71. The van der Waals surface area contributed by atoms with E-state index in [1.54, 1.807) is 28.4 Å². The summed E-state index contributed by atoms with van der Waals surface area (Å²) in [5.41, 5.74) is 1.84. The predicted molar refractivity (Wildman–Crippen MR) is 71.0 cm³/mol. The number of aryl methyl sites for hydroxylation is 1. The summed E-state index contributed by atoms with van der Waals surface area (Å²) in [5, 5.41) is 5.86. The lowest BCUT2D eigenvalue weighted by Gasteiger charge is -2.13. The maximum absolute atomic E-state index is 12.1. The van der Waals surface area contributed by atoms with Crippen LogP contribution in [0.15, 0.2) is 27.9 Å². The van der Waals surface area contributed by atoms with Crippen molar-refractivity contribution in [2.24, 2.45) is 7.05 Å². The van der Waals surface area contributed by atoms with Crippen LogP contribution in [0.2, 0.25) is 0 Å². The van der Waals surface area contributed by atoms with Gasteiger partial charge < -0.3 is 0 Å². The molecule has 2 rings (SSSR count). The first-order valence-electron chi connectivity index (χ1n) is 5.46. The first kappa shape index (κ1) is 13.3. The van der Waals surface area contributed by atoms with Crippen molar-refractivity contribution in [2.45, 2.75) is 24.1 Å². The van der Waals surface area contributed by atoms with Crippen LogP contribution < -0.4 is 4.72 Å². The first-order chi connectivity index (χ1) is 8.42. The summed E-state index contributed by atoms with van der Waals surface area (Å²) in [4.78, 5) is 0. The summed E-state index contributed by atoms with van der Waals surface area (Å²) in [6, 6.07) is 3.01. The smallest absolute Gasteiger partial charge is 0.250 e. The summed E-state index contributed by atoms with van der Waals surface area (Å²) in [6.45, 7) is 3.73. The molecular weight excluding hydrogens is 270 g/mol. The highest BCUT2D eigenvalue weighted by molar-refractivity contribution is 7.91. The molecule has 0 aliphatic rings. The number of hydrogen-bond acceptors (Lipinski definition) is 4. The van der Waals surface area contributed by atoms with Gasteiger partial charge in [-0.1, -0.05) is 6.07 Å². The van der Waals surface area contributed by atoms with E-state index in [0.717, 1.165) is 11.3 Å². The molecule has 7 heteroatoms. The summed E-state index contributed by atoms with van der Waals surface area (Å²) in [6.07, 6.45) is 1.69. The Morgan fingerprint density at radius 2 is 2.22 bits per heavy atom. The van der Waals surface area contributed by atoms with Crippen LogP contribution in [0.5, 0.6) is 0 Å². The third-order valence-electron chi connectivity index (χ3n) is 2.83. The zero-order valence-electron chi connectivity index (χ0n) is 10.4. The highest BCUT2D eigenvalue weighted by atomic mass is 32.2. The largest absolute Gasteiger partial charge is 0.273 e. The van der Waals surface area contributed by atoms with Crippen molar-refractivity contribution >= 4 is 21.4 Å². The number of nitrogens with zero attached hydrogens (tertiary/aromatic N) is 2. The molecule has 5 nitrogen and oxygen atoms in total. The first-order valence-corrected chi connectivity index (χ1v) is 7.82. The molecule has 2 aromatic rings. The lowest BCUT2D eigenvalue weighted by atomic mass is 10.1. The molecule has 0 bridgehead atoms. The van der Waals surface area contributed by atoms with Crippen LogP contribution in [0, 0.1) is 6.92 Å².